The number of benzene rings is 2. The van der Waals surface area contributed by atoms with E-state index in [1.807, 2.05) is 11.0 Å². The molecule has 1 fully saturated rings. The van der Waals surface area contributed by atoms with E-state index in [1.165, 1.54) is 17.7 Å². The number of H-pyrrole nitrogens is 1. The van der Waals surface area contributed by atoms with Gasteiger partial charge in [-0.3, -0.25) is 4.79 Å². The molecule has 1 saturated heterocycles. The number of hydrogen-bond donors (Lipinski definition) is 2. The maximum atomic E-state index is 13.8. The van der Waals surface area contributed by atoms with Crippen molar-refractivity contribution >= 4 is 16.8 Å². The minimum absolute atomic E-state index is 0.0481. The molecule has 0 radical (unpaired) electrons. The molecule has 0 spiro atoms. The summed E-state index contributed by atoms with van der Waals surface area (Å²) in [7, 11) is 0. The number of aromatic nitrogens is 1. The van der Waals surface area contributed by atoms with Crippen molar-refractivity contribution in [2.45, 2.75) is 45.1 Å². The first-order chi connectivity index (χ1) is 13.7. The molecule has 2 aliphatic rings. The summed E-state index contributed by atoms with van der Waals surface area (Å²) in [5.41, 5.74) is 3.10. The number of nitrogens with one attached hydrogen (secondary N) is 1. The number of rotatable bonds is 1. The fraction of sp³-hybridized carbons (Fsp3) is 0.375. The topological polar surface area (TPSA) is 56.3 Å². The van der Waals surface area contributed by atoms with Gasteiger partial charge in [0.1, 0.15) is 11.6 Å². The number of aromatic hydroxyl groups is 1. The molecule has 5 rings (SSSR count). The molecule has 2 aromatic carbocycles. The van der Waals surface area contributed by atoms with E-state index in [2.05, 4.69) is 31.8 Å². The normalized spacial score (nSPS) is 25.1. The van der Waals surface area contributed by atoms with Crippen LogP contribution in [0.5, 0.6) is 5.75 Å². The molecule has 1 unspecified atom stereocenters. The highest BCUT2D eigenvalue weighted by atomic mass is 19.1. The molecule has 2 heterocycles. The molecule has 2 bridgehead atoms. The summed E-state index contributed by atoms with van der Waals surface area (Å²) < 4.78 is 13.8. The first-order valence-corrected chi connectivity index (χ1v) is 10.1. The highest BCUT2D eigenvalue weighted by Crippen LogP contribution is 2.57. The van der Waals surface area contributed by atoms with Crippen molar-refractivity contribution in [1.82, 2.24) is 9.88 Å². The van der Waals surface area contributed by atoms with Gasteiger partial charge in [-0.25, -0.2) is 4.39 Å². The quantitative estimate of drug-likeness (QED) is 0.627. The standard InChI is InChI=1S/C24H25FN2O2/c1-23(2)21-12-16-18(5-4-6-20(16)28)24(23,3)9-10-27(21)22(29)17-13-26-19-8-7-14(25)11-15(17)19/h4-8,11,13,21,26,28H,9-10,12H2,1-3H3/t21?,24-/m0/s1. The Morgan fingerprint density at radius 1 is 1.24 bits per heavy atom. The van der Waals surface area contributed by atoms with Crippen molar-refractivity contribution in [2.24, 2.45) is 5.41 Å². The molecular weight excluding hydrogens is 367 g/mol. The molecule has 29 heavy (non-hydrogen) atoms. The largest absolute Gasteiger partial charge is 0.508 e. The Morgan fingerprint density at radius 3 is 2.83 bits per heavy atom. The summed E-state index contributed by atoms with van der Waals surface area (Å²) in [4.78, 5) is 18.6. The van der Waals surface area contributed by atoms with E-state index in [0.717, 1.165) is 17.5 Å². The number of carbonyl (C=O) groups is 1. The Balaban J connectivity index is 1.61. The summed E-state index contributed by atoms with van der Waals surface area (Å²) in [6.45, 7) is 7.33. The van der Waals surface area contributed by atoms with Crippen LogP contribution in [0.15, 0.2) is 42.6 Å². The van der Waals surface area contributed by atoms with Crippen LogP contribution in [-0.2, 0) is 11.8 Å². The van der Waals surface area contributed by atoms with Crippen molar-refractivity contribution in [2.75, 3.05) is 6.54 Å². The smallest absolute Gasteiger partial charge is 0.256 e. The highest BCUT2D eigenvalue weighted by molar-refractivity contribution is 6.07. The molecule has 150 valence electrons. The van der Waals surface area contributed by atoms with E-state index in [1.54, 1.807) is 18.3 Å². The van der Waals surface area contributed by atoms with Crippen LogP contribution in [-0.4, -0.2) is 33.5 Å². The highest BCUT2D eigenvalue weighted by Gasteiger charge is 2.57. The van der Waals surface area contributed by atoms with Crippen molar-refractivity contribution in [3.05, 3.63) is 65.1 Å². The molecule has 0 saturated carbocycles. The predicted octanol–water partition coefficient (Wildman–Crippen LogP) is 4.77. The Bertz CT molecular complexity index is 1150. The fourth-order valence-electron chi connectivity index (χ4n) is 5.59. The van der Waals surface area contributed by atoms with Crippen molar-refractivity contribution < 1.29 is 14.3 Å². The zero-order chi connectivity index (χ0) is 20.6. The number of nitrogens with zero attached hydrogens (tertiary/aromatic N) is 1. The minimum atomic E-state index is -0.353. The fourth-order valence-corrected chi connectivity index (χ4v) is 5.59. The predicted molar refractivity (Wildman–Crippen MR) is 111 cm³/mol. The van der Waals surface area contributed by atoms with Crippen molar-refractivity contribution in [3.63, 3.8) is 0 Å². The van der Waals surface area contributed by atoms with Crippen LogP contribution >= 0.6 is 0 Å². The average Bonchev–Trinajstić information content (AvgIpc) is 3.08. The summed E-state index contributed by atoms with van der Waals surface area (Å²) in [5, 5.41) is 11.1. The van der Waals surface area contributed by atoms with Gasteiger partial charge < -0.3 is 15.0 Å². The molecular formula is C24H25FN2O2. The maximum absolute atomic E-state index is 13.8. The number of phenolic OH excluding ortho intramolecular Hbond substituents is 1. The summed E-state index contributed by atoms with van der Waals surface area (Å²) in [5.74, 6) is -0.132. The maximum Gasteiger partial charge on any atom is 0.256 e. The summed E-state index contributed by atoms with van der Waals surface area (Å²) in [6, 6.07) is 10.2. The van der Waals surface area contributed by atoms with Gasteiger partial charge in [0.2, 0.25) is 0 Å². The Morgan fingerprint density at radius 2 is 2.03 bits per heavy atom. The Labute approximate surface area is 169 Å². The summed E-state index contributed by atoms with van der Waals surface area (Å²) >= 11 is 0. The molecule has 1 aliphatic carbocycles. The molecule has 5 heteroatoms. The number of hydrogen-bond acceptors (Lipinski definition) is 2. The van der Waals surface area contributed by atoms with Gasteiger partial charge in [0.25, 0.3) is 5.91 Å². The molecule has 3 aromatic rings. The van der Waals surface area contributed by atoms with E-state index in [0.29, 0.717) is 29.7 Å². The van der Waals surface area contributed by atoms with Gasteiger partial charge in [-0.2, -0.15) is 0 Å². The minimum Gasteiger partial charge on any atom is -0.508 e. The van der Waals surface area contributed by atoms with Gasteiger partial charge in [-0.15, -0.1) is 0 Å². The van der Waals surface area contributed by atoms with Crippen LogP contribution in [0.1, 0.15) is 48.7 Å². The number of carbonyl (C=O) groups excluding carboxylic acids is 1. The lowest BCUT2D eigenvalue weighted by atomic mass is 9.51. The van der Waals surface area contributed by atoms with Crippen LogP contribution in [0.4, 0.5) is 4.39 Å². The van der Waals surface area contributed by atoms with Crippen LogP contribution in [0.25, 0.3) is 10.9 Å². The van der Waals surface area contributed by atoms with Gasteiger partial charge >= 0.3 is 0 Å². The molecule has 2 N–H and O–H groups in total. The second kappa shape index (κ2) is 5.85. The third-order valence-electron chi connectivity index (χ3n) is 7.76. The van der Waals surface area contributed by atoms with Crippen LogP contribution in [0, 0.1) is 11.2 Å². The summed E-state index contributed by atoms with van der Waals surface area (Å²) in [6.07, 6.45) is 3.12. The van der Waals surface area contributed by atoms with E-state index in [-0.39, 0.29) is 28.6 Å². The molecule has 1 aliphatic heterocycles. The second-order valence-corrected chi connectivity index (χ2v) is 9.22. The second-order valence-electron chi connectivity index (χ2n) is 9.22. The molecule has 1 aromatic heterocycles. The third kappa shape index (κ3) is 2.33. The SMILES string of the molecule is CC1(C)C2Cc3c(O)cccc3[C@]1(C)CCN2C(=O)c1c[nH]c2ccc(F)cc12. The number of amides is 1. The Hall–Kier alpha value is -2.82. The number of aromatic amines is 1. The molecule has 2 atom stereocenters. The van der Waals surface area contributed by atoms with Crippen LogP contribution < -0.4 is 0 Å². The van der Waals surface area contributed by atoms with E-state index in [9.17, 15) is 14.3 Å². The van der Waals surface area contributed by atoms with Gasteiger partial charge in [-0.1, -0.05) is 32.9 Å². The number of halogens is 1. The molecule has 1 amide bonds. The first-order valence-electron chi connectivity index (χ1n) is 10.1. The lowest BCUT2D eigenvalue weighted by molar-refractivity contribution is -0.0265. The van der Waals surface area contributed by atoms with E-state index < -0.39 is 0 Å². The number of phenols is 1. The van der Waals surface area contributed by atoms with E-state index >= 15 is 0 Å². The zero-order valence-corrected chi connectivity index (χ0v) is 16.9. The van der Waals surface area contributed by atoms with Gasteiger partial charge in [0.15, 0.2) is 0 Å². The van der Waals surface area contributed by atoms with Crippen molar-refractivity contribution in [3.8, 4) is 5.75 Å². The van der Waals surface area contributed by atoms with Crippen molar-refractivity contribution in [1.29, 1.82) is 0 Å². The number of likely N-dealkylation sites (tertiary alicyclic amines) is 1. The van der Waals surface area contributed by atoms with Crippen LogP contribution in [0.2, 0.25) is 0 Å². The lowest BCUT2D eigenvalue weighted by Gasteiger charge is -2.60. The number of fused-ring (bicyclic) bond motifs is 5. The van der Waals surface area contributed by atoms with Gasteiger partial charge in [-0.05, 0) is 53.6 Å². The number of piperidine rings is 1. The van der Waals surface area contributed by atoms with Gasteiger partial charge in [0, 0.05) is 35.1 Å². The Kier molecular flexibility index (Phi) is 3.67. The third-order valence-corrected chi connectivity index (χ3v) is 7.76. The van der Waals surface area contributed by atoms with Gasteiger partial charge in [0.05, 0.1) is 5.56 Å². The van der Waals surface area contributed by atoms with E-state index in [4.69, 9.17) is 0 Å². The zero-order valence-electron chi connectivity index (χ0n) is 16.9. The average molecular weight is 392 g/mol. The monoisotopic (exact) mass is 392 g/mol. The molecule has 4 nitrogen and oxygen atoms in total. The first kappa shape index (κ1) is 18.2. The van der Waals surface area contributed by atoms with Crippen LogP contribution in [0.3, 0.4) is 0 Å². The lowest BCUT2D eigenvalue weighted by Crippen LogP contribution is -2.64.